The van der Waals surface area contributed by atoms with Crippen LogP contribution in [0.3, 0.4) is 0 Å². The number of furan rings is 1. The maximum absolute atomic E-state index is 12.4. The van der Waals surface area contributed by atoms with Gasteiger partial charge in [-0.15, -0.1) is 11.3 Å². The number of nitrogens with one attached hydrogen (secondary N) is 1. The summed E-state index contributed by atoms with van der Waals surface area (Å²) in [6, 6.07) is 7.42. The molecule has 0 aliphatic heterocycles. The number of rotatable bonds is 5. The fourth-order valence-electron chi connectivity index (χ4n) is 2.37. The predicted molar refractivity (Wildman–Crippen MR) is 88.8 cm³/mol. The van der Waals surface area contributed by atoms with Gasteiger partial charge in [-0.2, -0.15) is 5.10 Å². The summed E-state index contributed by atoms with van der Waals surface area (Å²) in [5.74, 6) is 1.56. The molecule has 2 N–H and O–H groups in total. The van der Waals surface area contributed by atoms with E-state index in [1.165, 1.54) is 0 Å². The molecule has 0 aromatic carbocycles. The number of amides is 1. The first-order valence-electron chi connectivity index (χ1n) is 7.19. The molecule has 7 heteroatoms. The van der Waals surface area contributed by atoms with Gasteiger partial charge in [-0.1, -0.05) is 6.07 Å². The number of aromatic nitrogens is 2. The van der Waals surface area contributed by atoms with Gasteiger partial charge in [0.25, 0.3) is 5.91 Å². The van der Waals surface area contributed by atoms with Crippen molar-refractivity contribution in [1.29, 1.82) is 0 Å². The number of carbonyl (C=O) groups is 1. The molecule has 0 saturated heterocycles. The number of hydrogen-bond donors (Lipinski definition) is 2. The Labute approximate surface area is 137 Å². The second kappa shape index (κ2) is 6.39. The van der Waals surface area contributed by atoms with Gasteiger partial charge >= 0.3 is 0 Å². The Kier molecular flexibility index (Phi) is 4.31. The Bertz CT molecular complexity index is 818. The highest BCUT2D eigenvalue weighted by atomic mass is 32.1. The lowest BCUT2D eigenvalue weighted by atomic mass is 10.2. The molecule has 0 fully saturated rings. The zero-order valence-electron chi connectivity index (χ0n) is 12.9. The Balaban J connectivity index is 1.89. The molecule has 23 heavy (non-hydrogen) atoms. The number of aryl methyl sites for hydroxylation is 2. The summed E-state index contributed by atoms with van der Waals surface area (Å²) < 4.78 is 6.99. The summed E-state index contributed by atoms with van der Waals surface area (Å²) in [6.45, 7) is 3.81. The highest BCUT2D eigenvalue weighted by Gasteiger charge is 2.17. The molecule has 0 atom stereocenters. The maximum atomic E-state index is 12.4. The molecule has 0 spiro atoms. The lowest BCUT2D eigenvalue weighted by molar-refractivity contribution is 0.102. The standard InChI is InChI=1S/C16H17N3O3S/c1-10-8-12(11(2)22-10)16(21)17-15-9-13(14-4-3-7-23-14)18-19(15)5-6-20/h3-4,7-9,20H,5-6H2,1-2H3,(H,17,21). The molecule has 0 radical (unpaired) electrons. The summed E-state index contributed by atoms with van der Waals surface area (Å²) in [5, 5.41) is 18.5. The summed E-state index contributed by atoms with van der Waals surface area (Å²) in [6.07, 6.45) is 0. The van der Waals surface area contributed by atoms with Crippen molar-refractivity contribution in [1.82, 2.24) is 9.78 Å². The van der Waals surface area contributed by atoms with Crippen LogP contribution in [0.2, 0.25) is 0 Å². The number of nitrogens with zero attached hydrogens (tertiary/aromatic N) is 2. The van der Waals surface area contributed by atoms with E-state index < -0.39 is 0 Å². The van der Waals surface area contributed by atoms with Crippen LogP contribution in [0.1, 0.15) is 21.9 Å². The van der Waals surface area contributed by atoms with Gasteiger partial charge in [0.15, 0.2) is 0 Å². The minimum absolute atomic E-state index is 0.0573. The molecule has 3 aromatic rings. The van der Waals surface area contributed by atoms with Gasteiger partial charge in [-0.3, -0.25) is 4.79 Å². The maximum Gasteiger partial charge on any atom is 0.260 e. The lowest BCUT2D eigenvalue weighted by Crippen LogP contribution is -2.16. The Morgan fingerprint density at radius 3 is 2.87 bits per heavy atom. The van der Waals surface area contributed by atoms with Gasteiger partial charge in [-0.05, 0) is 31.4 Å². The van der Waals surface area contributed by atoms with Crippen molar-refractivity contribution >= 4 is 23.1 Å². The van der Waals surface area contributed by atoms with E-state index in [0.717, 1.165) is 10.6 Å². The number of hydrogen-bond acceptors (Lipinski definition) is 5. The van der Waals surface area contributed by atoms with Gasteiger partial charge in [-0.25, -0.2) is 4.68 Å². The van der Waals surface area contributed by atoms with E-state index in [1.807, 2.05) is 23.6 Å². The highest BCUT2D eigenvalue weighted by Crippen LogP contribution is 2.26. The van der Waals surface area contributed by atoms with Crippen molar-refractivity contribution in [3.8, 4) is 10.6 Å². The molecule has 0 aliphatic carbocycles. The van der Waals surface area contributed by atoms with Crippen molar-refractivity contribution in [2.24, 2.45) is 0 Å². The Morgan fingerprint density at radius 1 is 1.43 bits per heavy atom. The third-order valence-corrected chi connectivity index (χ3v) is 4.28. The van der Waals surface area contributed by atoms with Crippen LogP contribution in [0, 0.1) is 13.8 Å². The molecule has 6 nitrogen and oxygen atoms in total. The topological polar surface area (TPSA) is 80.3 Å². The summed E-state index contributed by atoms with van der Waals surface area (Å²) in [5.41, 5.74) is 1.26. The molecule has 0 bridgehead atoms. The van der Waals surface area contributed by atoms with Crippen LogP contribution in [0.15, 0.2) is 34.1 Å². The zero-order valence-corrected chi connectivity index (χ0v) is 13.7. The third kappa shape index (κ3) is 3.20. The predicted octanol–water partition coefficient (Wildman–Crippen LogP) is 3.07. The quantitative estimate of drug-likeness (QED) is 0.753. The third-order valence-electron chi connectivity index (χ3n) is 3.39. The van der Waals surface area contributed by atoms with Crippen LogP contribution >= 0.6 is 11.3 Å². The van der Waals surface area contributed by atoms with E-state index in [0.29, 0.717) is 29.4 Å². The second-order valence-corrected chi connectivity index (χ2v) is 6.07. The molecule has 3 rings (SSSR count). The minimum atomic E-state index is -0.254. The number of aliphatic hydroxyl groups excluding tert-OH is 1. The van der Waals surface area contributed by atoms with E-state index >= 15 is 0 Å². The summed E-state index contributed by atoms with van der Waals surface area (Å²) in [7, 11) is 0. The van der Waals surface area contributed by atoms with Gasteiger partial charge < -0.3 is 14.8 Å². The molecule has 0 aliphatic rings. The van der Waals surface area contributed by atoms with Gasteiger partial charge in [0.05, 0.1) is 23.6 Å². The van der Waals surface area contributed by atoms with Crippen LogP contribution in [0.5, 0.6) is 0 Å². The summed E-state index contributed by atoms with van der Waals surface area (Å²) in [4.78, 5) is 13.4. The molecular formula is C16H17N3O3S. The van der Waals surface area contributed by atoms with Gasteiger partial charge in [0.1, 0.15) is 23.0 Å². The highest BCUT2D eigenvalue weighted by molar-refractivity contribution is 7.13. The van der Waals surface area contributed by atoms with Crippen LogP contribution < -0.4 is 5.32 Å². The van der Waals surface area contributed by atoms with Gasteiger partial charge in [0, 0.05) is 6.07 Å². The van der Waals surface area contributed by atoms with Crippen LogP contribution in [-0.4, -0.2) is 27.4 Å². The van der Waals surface area contributed by atoms with Crippen molar-refractivity contribution in [3.63, 3.8) is 0 Å². The molecule has 1 amide bonds. The number of aliphatic hydroxyl groups is 1. The fraction of sp³-hybridized carbons (Fsp3) is 0.250. The lowest BCUT2D eigenvalue weighted by Gasteiger charge is -2.06. The van der Waals surface area contributed by atoms with E-state index in [-0.39, 0.29) is 12.5 Å². The molecule has 0 saturated carbocycles. The molecule has 0 unspecified atom stereocenters. The van der Waals surface area contributed by atoms with Crippen molar-refractivity contribution in [2.75, 3.05) is 11.9 Å². The molecule has 120 valence electrons. The second-order valence-electron chi connectivity index (χ2n) is 5.12. The van der Waals surface area contributed by atoms with E-state index in [9.17, 15) is 9.90 Å². The van der Waals surface area contributed by atoms with Crippen molar-refractivity contribution < 1.29 is 14.3 Å². The normalized spacial score (nSPS) is 10.9. The summed E-state index contributed by atoms with van der Waals surface area (Å²) >= 11 is 1.57. The Morgan fingerprint density at radius 2 is 2.26 bits per heavy atom. The number of anilines is 1. The monoisotopic (exact) mass is 331 g/mol. The smallest absolute Gasteiger partial charge is 0.260 e. The van der Waals surface area contributed by atoms with E-state index in [2.05, 4.69) is 10.4 Å². The first kappa shape index (κ1) is 15.5. The van der Waals surface area contributed by atoms with E-state index in [4.69, 9.17) is 4.42 Å². The average molecular weight is 331 g/mol. The first-order chi connectivity index (χ1) is 11.1. The average Bonchev–Trinajstić information content (AvgIpc) is 3.20. The number of carbonyl (C=O) groups excluding carboxylic acids is 1. The van der Waals surface area contributed by atoms with Gasteiger partial charge in [0.2, 0.25) is 0 Å². The zero-order chi connectivity index (χ0) is 16.4. The minimum Gasteiger partial charge on any atom is -0.466 e. The molecular weight excluding hydrogens is 314 g/mol. The molecule has 3 heterocycles. The van der Waals surface area contributed by atoms with Crippen LogP contribution in [-0.2, 0) is 6.54 Å². The first-order valence-corrected chi connectivity index (χ1v) is 8.07. The SMILES string of the molecule is Cc1cc(C(=O)Nc2cc(-c3cccs3)nn2CCO)c(C)o1. The van der Waals surface area contributed by atoms with E-state index in [1.54, 1.807) is 35.9 Å². The van der Waals surface area contributed by atoms with Crippen molar-refractivity contribution in [3.05, 3.63) is 46.7 Å². The van der Waals surface area contributed by atoms with Crippen LogP contribution in [0.4, 0.5) is 5.82 Å². The van der Waals surface area contributed by atoms with Crippen molar-refractivity contribution in [2.45, 2.75) is 20.4 Å². The Hall–Kier alpha value is -2.38. The fourth-order valence-corrected chi connectivity index (χ4v) is 3.05. The van der Waals surface area contributed by atoms with Crippen LogP contribution in [0.25, 0.3) is 10.6 Å². The largest absolute Gasteiger partial charge is 0.466 e. The number of thiophene rings is 1. The molecule has 3 aromatic heterocycles.